The molecular formula is C44H52F4N12O2. The minimum atomic E-state index is -2.85. The third kappa shape index (κ3) is 9.66. The molecule has 2 N–H and O–H groups in total. The summed E-state index contributed by atoms with van der Waals surface area (Å²) in [6, 6.07) is 11.1. The SMILES string of the molecule is C[C@@H]1CN(c2ccc(C#N)c3nccnc23)C[C@@H]1NC(=O)CC1CCN(C)CC1(F)F.C[C@@H]1CN(c2ccc(C#N)c3nccnc23)C[C@@H]1NC(=O)CC1CCN(C)CC1(F)F. The third-order valence-corrected chi connectivity index (χ3v) is 12.8. The van der Waals surface area contributed by atoms with Crippen molar-refractivity contribution in [3.05, 3.63) is 60.2 Å². The first-order chi connectivity index (χ1) is 29.6. The average Bonchev–Trinajstić information content (AvgIpc) is 3.78. The fourth-order valence-corrected chi connectivity index (χ4v) is 9.27. The number of nitriles is 2. The maximum absolute atomic E-state index is 14.3. The number of hydrogen-bond donors (Lipinski definition) is 2. The summed E-state index contributed by atoms with van der Waals surface area (Å²) < 4.78 is 57.2. The number of likely N-dealkylation sites (tertiary alicyclic amines) is 2. The Balaban J connectivity index is 0.000000186. The van der Waals surface area contributed by atoms with Gasteiger partial charge in [0.15, 0.2) is 0 Å². The van der Waals surface area contributed by atoms with Crippen molar-refractivity contribution in [2.24, 2.45) is 23.7 Å². The van der Waals surface area contributed by atoms with Crippen LogP contribution in [0.4, 0.5) is 28.9 Å². The standard InChI is InChI=1S/2C22H26F2N6O/c2*1-14-11-30(18-4-3-15(10-25)20-21(18)27-7-6-26-20)12-17(14)28-19(31)9-16-5-8-29(2)13-22(16,23)24/h2*3-4,6-7,14,16-17H,5,8-9,11-13H2,1-2H3,(H,28,31)/t2*14-,16?,17+/m11/s1. The molecule has 4 aliphatic rings. The molecule has 328 valence electrons. The lowest BCUT2D eigenvalue weighted by atomic mass is 9.89. The number of hydrogen-bond acceptors (Lipinski definition) is 12. The number of anilines is 2. The normalized spacial score (nSPS) is 26.0. The van der Waals surface area contributed by atoms with Gasteiger partial charge in [0.05, 0.1) is 47.7 Å². The molecule has 0 bridgehead atoms. The maximum Gasteiger partial charge on any atom is 0.263 e. The summed E-state index contributed by atoms with van der Waals surface area (Å²) in [5.74, 6) is -7.90. The first kappa shape index (κ1) is 44.3. The lowest BCUT2D eigenvalue weighted by Gasteiger charge is -2.36. The van der Waals surface area contributed by atoms with Gasteiger partial charge in [-0.1, -0.05) is 13.8 Å². The number of carbonyl (C=O) groups is 2. The predicted molar refractivity (Wildman–Crippen MR) is 225 cm³/mol. The van der Waals surface area contributed by atoms with Gasteiger partial charge in [-0.3, -0.25) is 29.5 Å². The number of rotatable bonds is 8. The molecule has 18 heteroatoms. The third-order valence-electron chi connectivity index (χ3n) is 12.8. The molecule has 4 fully saturated rings. The molecule has 6 atom stereocenters. The highest BCUT2D eigenvalue weighted by Gasteiger charge is 2.46. The summed E-state index contributed by atoms with van der Waals surface area (Å²) >= 11 is 0. The number of benzene rings is 2. The van der Waals surface area contributed by atoms with Gasteiger partial charge < -0.3 is 30.2 Å². The van der Waals surface area contributed by atoms with Crippen molar-refractivity contribution in [1.82, 2.24) is 40.4 Å². The molecule has 2 unspecified atom stereocenters. The summed E-state index contributed by atoms with van der Waals surface area (Å²) in [5, 5.41) is 24.6. The fourth-order valence-electron chi connectivity index (χ4n) is 9.27. The molecule has 2 aromatic heterocycles. The van der Waals surface area contributed by atoms with Crippen molar-refractivity contribution in [3.8, 4) is 12.1 Å². The smallest absolute Gasteiger partial charge is 0.263 e. The lowest BCUT2D eigenvalue weighted by molar-refractivity contribution is -0.135. The van der Waals surface area contributed by atoms with E-state index in [-0.39, 0.29) is 61.7 Å². The summed E-state index contributed by atoms with van der Waals surface area (Å²) in [6.07, 6.45) is 6.62. The number of alkyl halides is 4. The lowest BCUT2D eigenvalue weighted by Crippen LogP contribution is -2.49. The predicted octanol–water partition coefficient (Wildman–Crippen LogP) is 4.84. The minimum Gasteiger partial charge on any atom is -0.367 e. The Morgan fingerprint density at radius 3 is 1.37 bits per heavy atom. The molecule has 8 rings (SSSR count). The van der Waals surface area contributed by atoms with Gasteiger partial charge in [0.1, 0.15) is 34.2 Å². The van der Waals surface area contributed by atoms with Gasteiger partial charge in [0.2, 0.25) is 11.8 Å². The van der Waals surface area contributed by atoms with Crippen LogP contribution in [-0.2, 0) is 9.59 Å². The van der Waals surface area contributed by atoms with Crippen molar-refractivity contribution >= 4 is 45.3 Å². The summed E-state index contributed by atoms with van der Waals surface area (Å²) in [4.78, 5) is 50.0. The second-order valence-electron chi connectivity index (χ2n) is 17.5. The largest absolute Gasteiger partial charge is 0.367 e. The number of nitrogens with zero attached hydrogens (tertiary/aromatic N) is 10. The molecule has 6 heterocycles. The van der Waals surface area contributed by atoms with Crippen LogP contribution in [0.15, 0.2) is 49.1 Å². The second kappa shape index (κ2) is 18.3. The van der Waals surface area contributed by atoms with Crippen LogP contribution in [0.5, 0.6) is 0 Å². The van der Waals surface area contributed by atoms with E-state index < -0.39 is 23.7 Å². The van der Waals surface area contributed by atoms with Gasteiger partial charge in [-0.15, -0.1) is 0 Å². The van der Waals surface area contributed by atoms with Crippen LogP contribution >= 0.6 is 0 Å². The van der Waals surface area contributed by atoms with Crippen LogP contribution in [0, 0.1) is 46.3 Å². The van der Waals surface area contributed by atoms with E-state index in [2.05, 4.69) is 52.5 Å². The van der Waals surface area contributed by atoms with Crippen LogP contribution in [0.1, 0.15) is 50.7 Å². The summed E-state index contributed by atoms with van der Waals surface area (Å²) in [5.41, 5.74) is 5.02. The van der Waals surface area contributed by atoms with E-state index in [1.165, 1.54) is 0 Å². The number of nitrogens with one attached hydrogen (secondary N) is 2. The van der Waals surface area contributed by atoms with Crippen molar-refractivity contribution < 1.29 is 27.2 Å². The molecule has 0 aliphatic carbocycles. The van der Waals surface area contributed by atoms with E-state index in [9.17, 15) is 37.7 Å². The molecule has 4 aliphatic heterocycles. The van der Waals surface area contributed by atoms with Crippen molar-refractivity contribution in [1.29, 1.82) is 10.5 Å². The summed E-state index contributed by atoms with van der Waals surface area (Å²) in [6.45, 7) is 7.10. The van der Waals surface area contributed by atoms with Crippen molar-refractivity contribution in [3.63, 3.8) is 0 Å². The number of amides is 2. The molecule has 2 aromatic carbocycles. The van der Waals surface area contributed by atoms with Gasteiger partial charge in [-0.2, -0.15) is 10.5 Å². The summed E-state index contributed by atoms with van der Waals surface area (Å²) in [7, 11) is 3.35. The van der Waals surface area contributed by atoms with Crippen LogP contribution < -0.4 is 20.4 Å². The highest BCUT2D eigenvalue weighted by molar-refractivity contribution is 5.93. The maximum atomic E-state index is 14.3. The van der Waals surface area contributed by atoms with Crippen molar-refractivity contribution in [2.75, 3.05) is 76.3 Å². The molecule has 0 spiro atoms. The number of piperidine rings is 2. The molecule has 4 saturated heterocycles. The minimum absolute atomic E-state index is 0.143. The molecule has 0 radical (unpaired) electrons. The molecule has 14 nitrogen and oxygen atoms in total. The van der Waals surface area contributed by atoms with E-state index >= 15 is 0 Å². The highest BCUT2D eigenvalue weighted by atomic mass is 19.3. The van der Waals surface area contributed by atoms with Gasteiger partial charge in [0.25, 0.3) is 11.8 Å². The van der Waals surface area contributed by atoms with E-state index in [0.717, 1.165) is 11.4 Å². The van der Waals surface area contributed by atoms with Crippen LogP contribution in [0.2, 0.25) is 0 Å². The highest BCUT2D eigenvalue weighted by Crippen LogP contribution is 2.37. The number of aromatic nitrogens is 4. The molecule has 62 heavy (non-hydrogen) atoms. The van der Waals surface area contributed by atoms with Crippen molar-refractivity contribution in [2.45, 2.75) is 63.5 Å². The Bertz CT molecular complexity index is 2210. The van der Waals surface area contributed by atoms with Crippen LogP contribution in [0.25, 0.3) is 22.1 Å². The van der Waals surface area contributed by atoms with Gasteiger partial charge in [-0.05, 0) is 76.1 Å². The topological polar surface area (TPSA) is 170 Å². The number of carbonyl (C=O) groups excluding carboxylic acids is 2. The number of halogens is 4. The molecule has 0 saturated carbocycles. The Kier molecular flexibility index (Phi) is 13.1. The van der Waals surface area contributed by atoms with E-state index in [0.29, 0.717) is 85.3 Å². The Morgan fingerprint density at radius 1 is 0.645 bits per heavy atom. The van der Waals surface area contributed by atoms with Gasteiger partial charge >= 0.3 is 0 Å². The molecule has 2 amide bonds. The van der Waals surface area contributed by atoms with E-state index in [1.54, 1.807) is 60.8 Å². The zero-order valence-corrected chi connectivity index (χ0v) is 35.4. The Labute approximate surface area is 358 Å². The zero-order valence-electron chi connectivity index (χ0n) is 35.4. The first-order valence-corrected chi connectivity index (χ1v) is 21.1. The van der Waals surface area contributed by atoms with Crippen LogP contribution in [0.3, 0.4) is 0 Å². The quantitative estimate of drug-likeness (QED) is 0.232. The Morgan fingerprint density at radius 2 is 1.02 bits per heavy atom. The zero-order chi connectivity index (χ0) is 44.3. The fraction of sp³-hybridized carbons (Fsp3) is 0.545. The van der Waals surface area contributed by atoms with E-state index in [1.807, 2.05) is 26.0 Å². The second-order valence-corrected chi connectivity index (χ2v) is 17.5. The average molecular weight is 857 g/mol. The molecular weight excluding hydrogens is 805 g/mol. The first-order valence-electron chi connectivity index (χ1n) is 21.1. The van der Waals surface area contributed by atoms with Gasteiger partial charge in [0, 0.05) is 75.6 Å². The Hall–Kier alpha value is -5.72. The van der Waals surface area contributed by atoms with E-state index in [4.69, 9.17) is 0 Å². The molecule has 4 aromatic rings. The number of fused-ring (bicyclic) bond motifs is 2. The van der Waals surface area contributed by atoms with Crippen LogP contribution in [-0.4, -0.2) is 132 Å². The monoisotopic (exact) mass is 856 g/mol. The van der Waals surface area contributed by atoms with Gasteiger partial charge in [-0.25, -0.2) is 17.6 Å².